The number of pyridine rings is 1. The van der Waals surface area contributed by atoms with Crippen molar-refractivity contribution in [2.75, 3.05) is 0 Å². The SMILES string of the molecule is Cc1c(-c2ccc3c(c2)CN(C2CCC2)C3=O)nnn1-c1cccnc1F. The van der Waals surface area contributed by atoms with E-state index in [1.165, 1.54) is 17.3 Å². The Balaban J connectivity index is 1.51. The highest BCUT2D eigenvalue weighted by atomic mass is 19.1. The number of halogens is 1. The molecule has 1 fully saturated rings. The van der Waals surface area contributed by atoms with Gasteiger partial charge in [-0.15, -0.1) is 5.10 Å². The Hall–Kier alpha value is -3.09. The molecule has 1 aromatic carbocycles. The molecule has 0 unspecified atom stereocenters. The van der Waals surface area contributed by atoms with Crippen LogP contribution in [0.15, 0.2) is 36.5 Å². The number of hydrogen-bond acceptors (Lipinski definition) is 4. The van der Waals surface area contributed by atoms with Crippen LogP contribution in [-0.4, -0.2) is 36.8 Å². The molecule has 2 aliphatic rings. The molecule has 3 heterocycles. The molecule has 0 saturated heterocycles. The van der Waals surface area contributed by atoms with E-state index in [9.17, 15) is 9.18 Å². The van der Waals surface area contributed by atoms with Gasteiger partial charge in [0.05, 0.1) is 5.69 Å². The first-order valence-corrected chi connectivity index (χ1v) is 9.11. The quantitative estimate of drug-likeness (QED) is 0.670. The van der Waals surface area contributed by atoms with Crippen LogP contribution >= 0.6 is 0 Å². The van der Waals surface area contributed by atoms with Crippen molar-refractivity contribution in [2.45, 2.75) is 38.8 Å². The van der Waals surface area contributed by atoms with Crippen LogP contribution in [-0.2, 0) is 6.54 Å². The Morgan fingerprint density at radius 2 is 2.07 bits per heavy atom. The van der Waals surface area contributed by atoms with E-state index in [-0.39, 0.29) is 11.6 Å². The smallest absolute Gasteiger partial charge is 0.254 e. The first kappa shape index (κ1) is 16.1. The van der Waals surface area contributed by atoms with Crippen molar-refractivity contribution >= 4 is 5.91 Å². The van der Waals surface area contributed by atoms with Gasteiger partial charge in [-0.25, -0.2) is 9.67 Å². The highest BCUT2D eigenvalue weighted by Crippen LogP contribution is 2.35. The molecule has 5 rings (SSSR count). The lowest BCUT2D eigenvalue weighted by Crippen LogP contribution is -2.40. The first-order valence-electron chi connectivity index (χ1n) is 9.11. The highest BCUT2D eigenvalue weighted by Gasteiger charge is 2.35. The maximum atomic E-state index is 14.0. The van der Waals surface area contributed by atoms with Gasteiger partial charge in [0.1, 0.15) is 11.4 Å². The zero-order chi connectivity index (χ0) is 18.5. The molecule has 1 aliphatic heterocycles. The van der Waals surface area contributed by atoms with Crippen LogP contribution in [0.4, 0.5) is 4.39 Å². The third-order valence-corrected chi connectivity index (χ3v) is 5.59. The minimum Gasteiger partial charge on any atom is -0.331 e. The van der Waals surface area contributed by atoms with Gasteiger partial charge >= 0.3 is 0 Å². The number of amides is 1. The van der Waals surface area contributed by atoms with Crippen molar-refractivity contribution in [1.29, 1.82) is 0 Å². The predicted octanol–water partition coefficient (Wildman–Crippen LogP) is 3.29. The number of nitrogens with zero attached hydrogens (tertiary/aromatic N) is 5. The third kappa shape index (κ3) is 2.45. The van der Waals surface area contributed by atoms with Gasteiger partial charge in [-0.05, 0) is 56.0 Å². The van der Waals surface area contributed by atoms with Crippen molar-refractivity contribution < 1.29 is 9.18 Å². The summed E-state index contributed by atoms with van der Waals surface area (Å²) in [4.78, 5) is 18.3. The number of carbonyl (C=O) groups excluding carboxylic acids is 1. The van der Waals surface area contributed by atoms with Gasteiger partial charge in [-0.3, -0.25) is 4.79 Å². The van der Waals surface area contributed by atoms with E-state index in [1.54, 1.807) is 12.1 Å². The second-order valence-electron chi connectivity index (χ2n) is 7.14. The molecule has 1 saturated carbocycles. The monoisotopic (exact) mass is 363 g/mol. The summed E-state index contributed by atoms with van der Waals surface area (Å²) < 4.78 is 15.5. The topological polar surface area (TPSA) is 63.9 Å². The lowest BCUT2D eigenvalue weighted by Gasteiger charge is -2.34. The minimum atomic E-state index is -0.590. The van der Waals surface area contributed by atoms with Crippen LogP contribution < -0.4 is 0 Å². The van der Waals surface area contributed by atoms with Gasteiger partial charge in [0, 0.05) is 29.9 Å². The molecule has 0 N–H and O–H groups in total. The van der Waals surface area contributed by atoms with Gasteiger partial charge in [-0.1, -0.05) is 11.3 Å². The number of aromatic nitrogens is 4. The summed E-state index contributed by atoms with van der Waals surface area (Å²) in [6.07, 6.45) is 4.79. The molecule has 0 spiro atoms. The average molecular weight is 363 g/mol. The van der Waals surface area contributed by atoms with Crippen molar-refractivity contribution in [1.82, 2.24) is 24.9 Å². The lowest BCUT2D eigenvalue weighted by molar-refractivity contribution is 0.0606. The van der Waals surface area contributed by atoms with E-state index in [4.69, 9.17) is 0 Å². The van der Waals surface area contributed by atoms with Gasteiger partial charge in [0.15, 0.2) is 0 Å². The van der Waals surface area contributed by atoms with E-state index in [0.717, 1.165) is 35.2 Å². The third-order valence-electron chi connectivity index (χ3n) is 5.59. The number of rotatable bonds is 3. The number of hydrogen-bond donors (Lipinski definition) is 0. The number of benzene rings is 1. The summed E-state index contributed by atoms with van der Waals surface area (Å²) in [6.45, 7) is 2.50. The van der Waals surface area contributed by atoms with Gasteiger partial charge in [-0.2, -0.15) is 4.39 Å². The fraction of sp³-hybridized carbons (Fsp3) is 0.300. The molecule has 0 atom stereocenters. The van der Waals surface area contributed by atoms with Crippen molar-refractivity contribution in [3.8, 4) is 16.9 Å². The number of fused-ring (bicyclic) bond motifs is 1. The molecular weight excluding hydrogens is 345 g/mol. The van der Waals surface area contributed by atoms with Crippen LogP contribution in [0.2, 0.25) is 0 Å². The molecule has 27 heavy (non-hydrogen) atoms. The molecule has 1 amide bonds. The summed E-state index contributed by atoms with van der Waals surface area (Å²) >= 11 is 0. The van der Waals surface area contributed by atoms with Crippen LogP contribution in [0, 0.1) is 12.9 Å². The van der Waals surface area contributed by atoms with Crippen molar-refractivity contribution in [2.24, 2.45) is 0 Å². The Bertz CT molecular complexity index is 1060. The Kier molecular flexibility index (Phi) is 3.56. The maximum absolute atomic E-state index is 14.0. The van der Waals surface area contributed by atoms with E-state index in [2.05, 4.69) is 15.3 Å². The Labute approximate surface area is 155 Å². The molecule has 0 radical (unpaired) electrons. The highest BCUT2D eigenvalue weighted by molar-refractivity contribution is 5.99. The number of carbonyl (C=O) groups is 1. The lowest BCUT2D eigenvalue weighted by atomic mass is 9.92. The molecule has 1 aliphatic carbocycles. The van der Waals surface area contributed by atoms with Crippen molar-refractivity contribution in [3.63, 3.8) is 0 Å². The predicted molar refractivity (Wildman–Crippen MR) is 96.8 cm³/mol. The molecule has 0 bridgehead atoms. The van der Waals surface area contributed by atoms with E-state index in [0.29, 0.717) is 18.3 Å². The standard InChI is InChI=1S/C20H18FN5O/c1-12-18(23-24-26(12)17-6-3-9-22-19(17)21)13-7-8-16-14(10-13)11-25(20(16)27)15-4-2-5-15/h3,6-10,15H,2,4-5,11H2,1H3. The Morgan fingerprint density at radius 3 is 2.81 bits per heavy atom. The molecule has 136 valence electrons. The molecule has 7 heteroatoms. The van der Waals surface area contributed by atoms with Gasteiger partial charge < -0.3 is 4.90 Å². The van der Waals surface area contributed by atoms with Crippen LogP contribution in [0.3, 0.4) is 0 Å². The summed E-state index contributed by atoms with van der Waals surface area (Å²) in [7, 11) is 0. The normalized spacial score (nSPS) is 16.5. The summed E-state index contributed by atoms with van der Waals surface area (Å²) in [5, 5.41) is 8.36. The first-order chi connectivity index (χ1) is 13.1. The van der Waals surface area contributed by atoms with E-state index < -0.39 is 5.95 Å². The van der Waals surface area contributed by atoms with Gasteiger partial charge in [0.25, 0.3) is 5.91 Å². The van der Waals surface area contributed by atoms with E-state index in [1.807, 2.05) is 30.0 Å². The van der Waals surface area contributed by atoms with Crippen molar-refractivity contribution in [3.05, 3.63) is 59.3 Å². The largest absolute Gasteiger partial charge is 0.331 e. The molecule has 3 aromatic rings. The molecule has 6 nitrogen and oxygen atoms in total. The second-order valence-corrected chi connectivity index (χ2v) is 7.14. The average Bonchev–Trinajstić information content (AvgIpc) is 3.15. The Morgan fingerprint density at radius 1 is 1.22 bits per heavy atom. The summed E-state index contributed by atoms with van der Waals surface area (Å²) in [5.41, 5.74) is 4.34. The maximum Gasteiger partial charge on any atom is 0.254 e. The fourth-order valence-electron chi connectivity index (χ4n) is 3.84. The fourth-order valence-corrected chi connectivity index (χ4v) is 3.84. The minimum absolute atomic E-state index is 0.124. The zero-order valence-electron chi connectivity index (χ0n) is 14.9. The molecule has 2 aromatic heterocycles. The zero-order valence-corrected chi connectivity index (χ0v) is 14.9. The van der Waals surface area contributed by atoms with Crippen LogP contribution in [0.25, 0.3) is 16.9 Å². The van der Waals surface area contributed by atoms with Crippen LogP contribution in [0.5, 0.6) is 0 Å². The van der Waals surface area contributed by atoms with Gasteiger partial charge in [0.2, 0.25) is 5.95 Å². The summed E-state index contributed by atoms with van der Waals surface area (Å²) in [6, 6.07) is 9.43. The van der Waals surface area contributed by atoms with E-state index >= 15 is 0 Å². The molecular formula is C20H18FN5O. The van der Waals surface area contributed by atoms with Crippen LogP contribution in [0.1, 0.15) is 40.9 Å². The second kappa shape index (κ2) is 5.97. The summed E-state index contributed by atoms with van der Waals surface area (Å²) in [5.74, 6) is -0.466.